The van der Waals surface area contributed by atoms with Gasteiger partial charge in [0.1, 0.15) is 0 Å². The van der Waals surface area contributed by atoms with Crippen molar-refractivity contribution in [3.05, 3.63) is 72.6 Å². The summed E-state index contributed by atoms with van der Waals surface area (Å²) in [5, 5.41) is 1.71. The van der Waals surface area contributed by atoms with Gasteiger partial charge in [-0.2, -0.15) is 0 Å². The molecule has 2 aliphatic carbocycles. The zero-order valence-electron chi connectivity index (χ0n) is 20.8. The van der Waals surface area contributed by atoms with Crippen LogP contribution >= 0.6 is 26.5 Å². The Balaban J connectivity index is 0.000000728. The van der Waals surface area contributed by atoms with Crippen molar-refractivity contribution in [1.82, 2.24) is 0 Å². The predicted octanol–water partition coefficient (Wildman–Crippen LogP) is 9.31. The molecule has 8 unspecified atom stereocenters. The van der Waals surface area contributed by atoms with Gasteiger partial charge in [0.2, 0.25) is 0 Å². The van der Waals surface area contributed by atoms with Gasteiger partial charge in [-0.3, -0.25) is 0 Å². The van der Waals surface area contributed by atoms with Crippen molar-refractivity contribution < 1.29 is 17.0 Å². The van der Waals surface area contributed by atoms with Crippen molar-refractivity contribution in [2.75, 3.05) is 6.66 Å². The third-order valence-electron chi connectivity index (χ3n) is 8.58. The third-order valence-corrected chi connectivity index (χ3v) is 14.8. The molecule has 1 nitrogen and oxygen atoms in total. The van der Waals surface area contributed by atoms with E-state index in [1.165, 1.54) is 18.5 Å². The van der Waals surface area contributed by atoms with E-state index >= 15 is 0 Å². The van der Waals surface area contributed by atoms with Crippen LogP contribution in [0, 0.1) is 31.1 Å². The van der Waals surface area contributed by atoms with Gasteiger partial charge in [0.25, 0.3) is 0 Å². The molecule has 3 aliphatic rings. The fourth-order valence-electron chi connectivity index (χ4n) is 7.23. The Bertz CT molecular complexity index is 914. The molecule has 6 heteroatoms. The van der Waals surface area contributed by atoms with Crippen LogP contribution < -0.4 is 5.30 Å². The Labute approximate surface area is 221 Å². The summed E-state index contributed by atoms with van der Waals surface area (Å²) < 4.78 is 0. The van der Waals surface area contributed by atoms with Crippen LogP contribution in [-0.4, -0.2) is 20.6 Å². The second kappa shape index (κ2) is 11.5. The quantitative estimate of drug-likeness (QED) is 0.204. The summed E-state index contributed by atoms with van der Waals surface area (Å²) in [5.41, 5.74) is 4.59. The van der Waals surface area contributed by atoms with Crippen molar-refractivity contribution in [2.24, 2.45) is 23.7 Å². The molecule has 0 N–H and O–H groups in total. The zero-order chi connectivity index (χ0) is 23.0. The molecular formula is C27H38Cl2NPSiTi-2. The van der Waals surface area contributed by atoms with Crippen LogP contribution in [0.25, 0.3) is 4.98 Å². The minimum absolute atomic E-state index is 0. The number of hydrogen-bond acceptors (Lipinski definition) is 0. The molecule has 1 heterocycles. The molecule has 5 rings (SSSR count). The Hall–Kier alpha value is 0.181. The molecule has 0 saturated heterocycles. The summed E-state index contributed by atoms with van der Waals surface area (Å²) in [6.45, 7) is 12.7. The van der Waals surface area contributed by atoms with Gasteiger partial charge >= 0.3 is 35.6 Å². The topological polar surface area (TPSA) is 14.1 Å². The average Bonchev–Trinajstić information content (AvgIpc) is 3.23. The molecule has 0 aromatic heterocycles. The Morgan fingerprint density at radius 3 is 2.09 bits per heavy atom. The number of benzene rings is 2. The molecule has 2 aromatic rings. The number of nitrogens with zero attached hydrogens (tertiary/aromatic N) is 1. The fourth-order valence-corrected chi connectivity index (χ4v) is 15.3. The van der Waals surface area contributed by atoms with E-state index in [1.54, 1.807) is 10.9 Å². The van der Waals surface area contributed by atoms with Crippen molar-refractivity contribution in [1.29, 1.82) is 0 Å². The van der Waals surface area contributed by atoms with Crippen molar-refractivity contribution in [3.8, 4) is 0 Å². The predicted molar refractivity (Wildman–Crippen MR) is 149 cm³/mol. The summed E-state index contributed by atoms with van der Waals surface area (Å²) in [6, 6.07) is 20.3. The Morgan fingerprint density at radius 1 is 0.909 bits per heavy atom. The second-order valence-corrected chi connectivity index (χ2v) is 19.7. The van der Waals surface area contributed by atoms with Gasteiger partial charge in [0.15, 0.2) is 0 Å². The summed E-state index contributed by atoms with van der Waals surface area (Å²) in [4.78, 5) is 5.51. The molecule has 0 radical (unpaired) electrons. The van der Waals surface area contributed by atoms with Gasteiger partial charge in [-0.05, 0) is 73.9 Å². The molecule has 2 aromatic carbocycles. The van der Waals surface area contributed by atoms with Gasteiger partial charge in [-0.15, -0.1) is 5.69 Å². The van der Waals surface area contributed by atoms with Crippen LogP contribution in [0.2, 0.25) is 18.6 Å². The average molecular weight is 554 g/mol. The van der Waals surface area contributed by atoms with E-state index in [0.717, 1.165) is 40.8 Å². The van der Waals surface area contributed by atoms with Gasteiger partial charge in [0, 0.05) is 0 Å². The third kappa shape index (κ3) is 5.33. The van der Waals surface area contributed by atoms with Crippen LogP contribution in [0.15, 0.2) is 54.6 Å². The maximum atomic E-state index is 5.51. The van der Waals surface area contributed by atoms with Crippen LogP contribution in [0.1, 0.15) is 38.2 Å². The summed E-state index contributed by atoms with van der Waals surface area (Å²) in [6.07, 6.45) is 2.85. The van der Waals surface area contributed by atoms with Crippen molar-refractivity contribution in [2.45, 2.75) is 56.9 Å². The monoisotopic (exact) mass is 553 g/mol. The standard InChI is InChI=1S/C26H35NPSi.CH3.2ClH.Ti/c1-17-15-21-22(16-18(17)2)26(29(4,5)27-19-11-7-6-8-12-19)25-24(21)20-13-9-10-14-23(20)28(25)3;;;;/h6-14,17-18,21-22,24-26H,15-16H2,1-5H3;1H3;2*1H;/q2*-1;;;+2/p-2. The molecule has 180 valence electrons. The van der Waals surface area contributed by atoms with E-state index in [0.29, 0.717) is 0 Å². The van der Waals surface area contributed by atoms with E-state index in [1.807, 2.05) is 0 Å². The molecule has 0 amide bonds. The van der Waals surface area contributed by atoms with Gasteiger partial charge in [0.05, 0.1) is 0 Å². The Kier molecular flexibility index (Phi) is 9.67. The SMILES string of the molecule is CC1CC2C(CC1C)C([Si](C)(C)[N-]c1ccccc1)C1C2c2ccccc2P1C.[CH3-].[Cl][Ti][Cl]. The first kappa shape index (κ1) is 27.8. The first-order chi connectivity index (χ1) is 15.3. The summed E-state index contributed by atoms with van der Waals surface area (Å²) in [5.74, 6) is 4.27. The van der Waals surface area contributed by atoms with Crippen LogP contribution in [0.5, 0.6) is 0 Å². The normalized spacial score (nSPS) is 34.0. The molecule has 33 heavy (non-hydrogen) atoms. The maximum absolute atomic E-state index is 5.51. The molecule has 0 spiro atoms. The van der Waals surface area contributed by atoms with Gasteiger partial charge in [-0.1, -0.05) is 95.0 Å². The number of rotatable bonds is 3. The summed E-state index contributed by atoms with van der Waals surface area (Å²) in [7, 11) is 7.89. The van der Waals surface area contributed by atoms with Crippen molar-refractivity contribution >= 4 is 45.8 Å². The van der Waals surface area contributed by atoms with E-state index < -0.39 is 25.3 Å². The van der Waals surface area contributed by atoms with Crippen LogP contribution in [-0.2, 0) is 17.0 Å². The molecule has 2 fully saturated rings. The number of hydrogen-bond donors (Lipinski definition) is 0. The number of fused-ring (bicyclic) bond motifs is 5. The van der Waals surface area contributed by atoms with E-state index in [-0.39, 0.29) is 15.3 Å². The molecule has 1 aliphatic heterocycles. The fraction of sp³-hybridized carbons (Fsp3) is 0.519. The van der Waals surface area contributed by atoms with Gasteiger partial charge in [-0.25, -0.2) is 0 Å². The van der Waals surface area contributed by atoms with E-state index in [2.05, 4.69) is 88.2 Å². The van der Waals surface area contributed by atoms with E-state index in [4.69, 9.17) is 23.6 Å². The Morgan fingerprint density at radius 2 is 1.45 bits per heavy atom. The van der Waals surface area contributed by atoms with E-state index in [9.17, 15) is 0 Å². The van der Waals surface area contributed by atoms with Crippen molar-refractivity contribution in [3.63, 3.8) is 0 Å². The van der Waals surface area contributed by atoms with Crippen LogP contribution in [0.3, 0.4) is 0 Å². The molecule has 2 saturated carbocycles. The number of halogens is 2. The minimum atomic E-state index is -1.80. The zero-order valence-corrected chi connectivity index (χ0v) is 25.8. The molecule has 0 bridgehead atoms. The van der Waals surface area contributed by atoms with Crippen LogP contribution in [0.4, 0.5) is 5.69 Å². The molecule has 8 atom stereocenters. The second-order valence-electron chi connectivity index (χ2n) is 10.6. The molecular weight excluding hydrogens is 516 g/mol. The first-order valence-electron chi connectivity index (χ1n) is 11.9. The summed E-state index contributed by atoms with van der Waals surface area (Å²) >= 11 is -0.556. The van der Waals surface area contributed by atoms with Gasteiger partial charge < -0.3 is 12.4 Å². The first-order valence-corrected chi connectivity index (χ1v) is 21.0.